The van der Waals surface area contributed by atoms with E-state index in [1.807, 2.05) is 18.2 Å². The molecule has 2 unspecified atom stereocenters. The van der Waals surface area contributed by atoms with E-state index >= 15 is 0 Å². The van der Waals surface area contributed by atoms with Crippen molar-refractivity contribution in [3.8, 4) is 0 Å². The van der Waals surface area contributed by atoms with Crippen LogP contribution in [0.3, 0.4) is 0 Å². The van der Waals surface area contributed by atoms with E-state index < -0.39 is 5.54 Å². The molecular formula is C22H29N5. The van der Waals surface area contributed by atoms with E-state index in [1.165, 1.54) is 11.1 Å². The molecule has 27 heavy (non-hydrogen) atoms. The first-order valence-electron chi connectivity index (χ1n) is 9.71. The fourth-order valence-electron chi connectivity index (χ4n) is 4.11. The standard InChI is InChI=1S/C22H29N5/c1-26-9-11-27(12-10-26)16-18-6-4-5-17(13-18)14-22(24)19-7-2-3-8-20(19)25-15-21(22)23/h2-8,13,15,21H,9-12,14,16,23-24H2,1H3. The second kappa shape index (κ2) is 7.52. The summed E-state index contributed by atoms with van der Waals surface area (Å²) in [7, 11) is 2.19. The van der Waals surface area contributed by atoms with Gasteiger partial charge in [0.1, 0.15) is 0 Å². The maximum Gasteiger partial charge on any atom is 0.0677 e. The minimum Gasteiger partial charge on any atom is -0.321 e. The van der Waals surface area contributed by atoms with Gasteiger partial charge in [0, 0.05) is 38.9 Å². The lowest BCUT2D eigenvalue weighted by Crippen LogP contribution is -2.56. The lowest BCUT2D eigenvalue weighted by molar-refractivity contribution is 0.148. The number of benzene rings is 2. The Morgan fingerprint density at radius 1 is 1.04 bits per heavy atom. The third kappa shape index (κ3) is 3.82. The van der Waals surface area contributed by atoms with Crippen molar-refractivity contribution in [2.24, 2.45) is 16.5 Å². The molecule has 2 heterocycles. The smallest absolute Gasteiger partial charge is 0.0677 e. The van der Waals surface area contributed by atoms with E-state index in [2.05, 4.69) is 52.2 Å². The molecule has 0 bridgehead atoms. The molecule has 4 N–H and O–H groups in total. The van der Waals surface area contributed by atoms with Crippen LogP contribution in [-0.2, 0) is 18.5 Å². The Kier molecular flexibility index (Phi) is 5.10. The van der Waals surface area contributed by atoms with Gasteiger partial charge in [-0.05, 0) is 36.2 Å². The highest BCUT2D eigenvalue weighted by Gasteiger charge is 2.38. The Labute approximate surface area is 161 Å². The SMILES string of the molecule is CN1CCN(Cc2cccc(CC3(N)c4ccccc4N=CC3N)c2)CC1. The molecule has 0 aromatic heterocycles. The van der Waals surface area contributed by atoms with Crippen molar-refractivity contribution in [2.75, 3.05) is 33.2 Å². The van der Waals surface area contributed by atoms with Crippen molar-refractivity contribution in [1.29, 1.82) is 0 Å². The molecule has 0 aliphatic carbocycles. The normalized spacial score (nSPS) is 26.1. The summed E-state index contributed by atoms with van der Waals surface area (Å²) in [5.41, 5.74) is 17.1. The molecule has 1 saturated heterocycles. The van der Waals surface area contributed by atoms with Gasteiger partial charge in [-0.2, -0.15) is 0 Å². The van der Waals surface area contributed by atoms with Gasteiger partial charge in [-0.25, -0.2) is 0 Å². The molecule has 0 spiro atoms. The first kappa shape index (κ1) is 18.3. The Bertz CT molecular complexity index is 825. The van der Waals surface area contributed by atoms with Gasteiger partial charge in [0.25, 0.3) is 0 Å². The number of rotatable bonds is 4. The van der Waals surface area contributed by atoms with Crippen LogP contribution >= 0.6 is 0 Å². The Morgan fingerprint density at radius 2 is 1.78 bits per heavy atom. The van der Waals surface area contributed by atoms with Crippen LogP contribution in [0.2, 0.25) is 0 Å². The third-order valence-electron chi connectivity index (χ3n) is 5.86. The van der Waals surface area contributed by atoms with Gasteiger partial charge in [0.15, 0.2) is 0 Å². The molecule has 0 amide bonds. The molecule has 142 valence electrons. The van der Waals surface area contributed by atoms with E-state index in [0.29, 0.717) is 6.42 Å². The molecule has 5 nitrogen and oxygen atoms in total. The first-order valence-corrected chi connectivity index (χ1v) is 9.71. The fourth-order valence-corrected chi connectivity index (χ4v) is 4.11. The first-order chi connectivity index (χ1) is 13.0. The number of para-hydroxylation sites is 1. The molecule has 5 heteroatoms. The van der Waals surface area contributed by atoms with Gasteiger partial charge in [0.05, 0.1) is 17.3 Å². The van der Waals surface area contributed by atoms with Crippen LogP contribution < -0.4 is 11.5 Å². The highest BCUT2D eigenvalue weighted by Crippen LogP contribution is 2.36. The quantitative estimate of drug-likeness (QED) is 0.870. The highest BCUT2D eigenvalue weighted by molar-refractivity contribution is 5.77. The molecule has 2 aliphatic heterocycles. The van der Waals surface area contributed by atoms with Gasteiger partial charge in [-0.3, -0.25) is 9.89 Å². The predicted octanol–water partition coefficient (Wildman–Crippen LogP) is 1.87. The average Bonchev–Trinajstić information content (AvgIpc) is 2.67. The number of hydrogen-bond donors (Lipinski definition) is 2. The lowest BCUT2D eigenvalue weighted by Gasteiger charge is -2.37. The highest BCUT2D eigenvalue weighted by atomic mass is 15.2. The summed E-state index contributed by atoms with van der Waals surface area (Å²) in [5.74, 6) is 0. The van der Waals surface area contributed by atoms with Crippen molar-refractivity contribution in [3.05, 3.63) is 65.2 Å². The molecule has 0 saturated carbocycles. The number of likely N-dealkylation sites (N-methyl/N-ethyl adjacent to an activating group) is 1. The summed E-state index contributed by atoms with van der Waals surface area (Å²) >= 11 is 0. The van der Waals surface area contributed by atoms with Crippen molar-refractivity contribution in [1.82, 2.24) is 9.80 Å². The number of hydrogen-bond acceptors (Lipinski definition) is 5. The zero-order valence-electron chi connectivity index (χ0n) is 16.0. The van der Waals surface area contributed by atoms with Crippen molar-refractivity contribution < 1.29 is 0 Å². The van der Waals surface area contributed by atoms with Gasteiger partial charge in [0.2, 0.25) is 0 Å². The largest absolute Gasteiger partial charge is 0.321 e. The Hall–Kier alpha value is -2.05. The van der Waals surface area contributed by atoms with E-state index in [0.717, 1.165) is 44.0 Å². The van der Waals surface area contributed by atoms with Crippen LogP contribution in [0, 0.1) is 0 Å². The number of fused-ring (bicyclic) bond motifs is 1. The minimum atomic E-state index is -0.634. The molecule has 2 aromatic carbocycles. The molecule has 2 aromatic rings. The van der Waals surface area contributed by atoms with Crippen LogP contribution in [0.25, 0.3) is 0 Å². The van der Waals surface area contributed by atoms with Crippen molar-refractivity contribution >= 4 is 11.9 Å². The molecular weight excluding hydrogens is 334 g/mol. The summed E-state index contributed by atoms with van der Waals surface area (Å²) < 4.78 is 0. The van der Waals surface area contributed by atoms with Crippen molar-refractivity contribution in [2.45, 2.75) is 24.5 Å². The van der Waals surface area contributed by atoms with Crippen LogP contribution in [0.1, 0.15) is 16.7 Å². The summed E-state index contributed by atoms with van der Waals surface area (Å²) in [4.78, 5) is 9.37. The number of aliphatic imine (C=N–C) groups is 1. The van der Waals surface area contributed by atoms with Crippen LogP contribution in [0.5, 0.6) is 0 Å². The zero-order chi connectivity index (χ0) is 18.9. The molecule has 4 rings (SSSR count). The van der Waals surface area contributed by atoms with Gasteiger partial charge < -0.3 is 16.4 Å². The molecule has 2 aliphatic rings. The molecule has 0 radical (unpaired) electrons. The van der Waals surface area contributed by atoms with E-state index in [1.54, 1.807) is 6.21 Å². The van der Waals surface area contributed by atoms with E-state index in [9.17, 15) is 0 Å². The number of piperazine rings is 1. The summed E-state index contributed by atoms with van der Waals surface area (Å²) in [6, 6.07) is 16.6. The topological polar surface area (TPSA) is 70.9 Å². The second-order valence-corrected chi connectivity index (χ2v) is 7.94. The molecule has 2 atom stereocenters. The molecule has 1 fully saturated rings. The number of nitrogens with zero attached hydrogens (tertiary/aromatic N) is 3. The summed E-state index contributed by atoms with van der Waals surface area (Å²) in [6.45, 7) is 5.50. The van der Waals surface area contributed by atoms with Crippen molar-refractivity contribution in [3.63, 3.8) is 0 Å². The zero-order valence-corrected chi connectivity index (χ0v) is 16.0. The van der Waals surface area contributed by atoms with Gasteiger partial charge >= 0.3 is 0 Å². The third-order valence-corrected chi connectivity index (χ3v) is 5.86. The Morgan fingerprint density at radius 3 is 2.59 bits per heavy atom. The van der Waals surface area contributed by atoms with Crippen LogP contribution in [0.4, 0.5) is 5.69 Å². The van der Waals surface area contributed by atoms with E-state index in [4.69, 9.17) is 11.5 Å². The maximum absolute atomic E-state index is 6.86. The lowest BCUT2D eigenvalue weighted by atomic mass is 9.77. The maximum atomic E-state index is 6.86. The minimum absolute atomic E-state index is 0.298. The predicted molar refractivity (Wildman–Crippen MR) is 111 cm³/mol. The van der Waals surface area contributed by atoms with E-state index in [-0.39, 0.29) is 6.04 Å². The van der Waals surface area contributed by atoms with Gasteiger partial charge in [-0.15, -0.1) is 0 Å². The fraction of sp³-hybridized carbons (Fsp3) is 0.409. The van der Waals surface area contributed by atoms with Crippen LogP contribution in [-0.4, -0.2) is 55.3 Å². The monoisotopic (exact) mass is 363 g/mol. The average molecular weight is 364 g/mol. The van der Waals surface area contributed by atoms with Crippen LogP contribution in [0.15, 0.2) is 53.5 Å². The van der Waals surface area contributed by atoms with Gasteiger partial charge in [-0.1, -0.05) is 42.5 Å². The second-order valence-electron chi connectivity index (χ2n) is 7.94. The summed E-state index contributed by atoms with van der Waals surface area (Å²) in [5, 5.41) is 0. The summed E-state index contributed by atoms with van der Waals surface area (Å²) in [6.07, 6.45) is 2.49. The Balaban J connectivity index is 1.53. The number of nitrogens with two attached hydrogens (primary N) is 2.